The van der Waals surface area contributed by atoms with Crippen molar-refractivity contribution in [3.05, 3.63) is 35.9 Å². The molecule has 0 unspecified atom stereocenters. The Morgan fingerprint density at radius 1 is 1.33 bits per heavy atom. The molecular formula is C17H23NO3. The molecule has 1 saturated carbocycles. The second-order valence-electron chi connectivity index (χ2n) is 6.43. The standard InChI is InChI=1S/C17H23NO3/c1-12-10-17(9-8-15(12)19)18(13(2)11-21-17)16(20)14-6-4-3-5-7-14/h3-7,12-13,15,19H,8-11H2,1-2H3/t12-,13+,15-,17+/m0/s1. The van der Waals surface area contributed by atoms with Crippen molar-refractivity contribution < 1.29 is 14.6 Å². The summed E-state index contributed by atoms with van der Waals surface area (Å²) < 4.78 is 6.06. The van der Waals surface area contributed by atoms with E-state index in [0.717, 1.165) is 0 Å². The number of aliphatic hydroxyl groups is 1. The fourth-order valence-corrected chi connectivity index (χ4v) is 3.68. The average molecular weight is 289 g/mol. The van der Waals surface area contributed by atoms with Crippen LogP contribution in [0.4, 0.5) is 0 Å². The van der Waals surface area contributed by atoms with Crippen LogP contribution in [0.5, 0.6) is 0 Å². The Morgan fingerprint density at radius 3 is 2.71 bits per heavy atom. The van der Waals surface area contributed by atoms with Crippen molar-refractivity contribution >= 4 is 5.91 Å². The third kappa shape index (κ3) is 2.47. The topological polar surface area (TPSA) is 49.8 Å². The summed E-state index contributed by atoms with van der Waals surface area (Å²) in [5.74, 6) is 0.180. The Kier molecular flexibility index (Phi) is 3.76. The molecule has 2 aliphatic rings. The van der Waals surface area contributed by atoms with Crippen LogP contribution < -0.4 is 0 Å². The first-order valence-electron chi connectivity index (χ1n) is 7.74. The second-order valence-corrected chi connectivity index (χ2v) is 6.43. The zero-order valence-electron chi connectivity index (χ0n) is 12.7. The summed E-state index contributed by atoms with van der Waals surface area (Å²) in [6, 6.07) is 9.45. The molecule has 0 bridgehead atoms. The van der Waals surface area contributed by atoms with Gasteiger partial charge in [-0.25, -0.2) is 0 Å². The zero-order valence-corrected chi connectivity index (χ0v) is 12.7. The number of hydrogen-bond donors (Lipinski definition) is 1. The molecule has 3 rings (SSSR count). The van der Waals surface area contributed by atoms with Crippen LogP contribution in [0.3, 0.4) is 0 Å². The van der Waals surface area contributed by atoms with Gasteiger partial charge in [0.15, 0.2) is 0 Å². The predicted octanol–water partition coefficient (Wildman–Crippen LogP) is 2.42. The van der Waals surface area contributed by atoms with Gasteiger partial charge >= 0.3 is 0 Å². The van der Waals surface area contributed by atoms with Gasteiger partial charge in [0.05, 0.1) is 18.8 Å². The van der Waals surface area contributed by atoms with E-state index in [0.29, 0.717) is 31.4 Å². The Balaban J connectivity index is 1.90. The molecule has 1 spiro atoms. The normalized spacial score (nSPS) is 36.1. The van der Waals surface area contributed by atoms with E-state index in [9.17, 15) is 9.90 Å². The summed E-state index contributed by atoms with van der Waals surface area (Å²) >= 11 is 0. The van der Waals surface area contributed by atoms with Crippen molar-refractivity contribution in [1.29, 1.82) is 0 Å². The summed E-state index contributed by atoms with van der Waals surface area (Å²) in [6.07, 6.45) is 1.81. The number of carbonyl (C=O) groups excluding carboxylic acids is 1. The van der Waals surface area contributed by atoms with E-state index >= 15 is 0 Å². The Bertz CT molecular complexity index is 518. The van der Waals surface area contributed by atoms with Crippen LogP contribution in [0.15, 0.2) is 30.3 Å². The molecule has 1 aromatic rings. The maximum atomic E-state index is 12.9. The zero-order chi connectivity index (χ0) is 15.0. The van der Waals surface area contributed by atoms with Crippen molar-refractivity contribution in [2.45, 2.75) is 51.0 Å². The van der Waals surface area contributed by atoms with E-state index in [1.165, 1.54) is 0 Å². The van der Waals surface area contributed by atoms with Gasteiger partial charge in [-0.1, -0.05) is 25.1 Å². The van der Waals surface area contributed by atoms with Crippen molar-refractivity contribution in [3.8, 4) is 0 Å². The lowest BCUT2D eigenvalue weighted by atomic mass is 9.81. The van der Waals surface area contributed by atoms with Crippen LogP contribution in [0.2, 0.25) is 0 Å². The molecule has 1 heterocycles. The molecule has 1 amide bonds. The lowest BCUT2D eigenvalue weighted by molar-refractivity contribution is -0.128. The molecule has 4 heteroatoms. The molecule has 4 nitrogen and oxygen atoms in total. The monoisotopic (exact) mass is 289 g/mol. The lowest BCUT2D eigenvalue weighted by Crippen LogP contribution is -2.55. The number of aliphatic hydroxyl groups excluding tert-OH is 1. The van der Waals surface area contributed by atoms with Crippen LogP contribution in [-0.2, 0) is 4.74 Å². The quantitative estimate of drug-likeness (QED) is 0.864. The van der Waals surface area contributed by atoms with E-state index in [4.69, 9.17) is 4.74 Å². The molecule has 0 aromatic heterocycles. The lowest BCUT2D eigenvalue weighted by Gasteiger charge is -2.45. The molecule has 1 N–H and O–H groups in total. The highest BCUT2D eigenvalue weighted by atomic mass is 16.5. The fourth-order valence-electron chi connectivity index (χ4n) is 3.68. The number of nitrogens with zero attached hydrogens (tertiary/aromatic N) is 1. The summed E-state index contributed by atoms with van der Waals surface area (Å²) in [5.41, 5.74) is 0.165. The number of benzene rings is 1. The molecule has 1 aliphatic heterocycles. The first-order valence-corrected chi connectivity index (χ1v) is 7.74. The van der Waals surface area contributed by atoms with Crippen molar-refractivity contribution in [1.82, 2.24) is 4.90 Å². The predicted molar refractivity (Wildman–Crippen MR) is 79.8 cm³/mol. The highest BCUT2D eigenvalue weighted by molar-refractivity contribution is 5.95. The molecule has 1 saturated heterocycles. The third-order valence-electron chi connectivity index (χ3n) is 4.84. The van der Waals surface area contributed by atoms with Gasteiger partial charge in [-0.2, -0.15) is 0 Å². The average Bonchev–Trinajstić information content (AvgIpc) is 2.80. The largest absolute Gasteiger partial charge is 0.393 e. The van der Waals surface area contributed by atoms with Gasteiger partial charge in [0.25, 0.3) is 5.91 Å². The Hall–Kier alpha value is -1.39. The Morgan fingerprint density at radius 2 is 2.05 bits per heavy atom. The molecule has 2 fully saturated rings. The summed E-state index contributed by atoms with van der Waals surface area (Å²) in [5, 5.41) is 9.97. The number of rotatable bonds is 1. The van der Waals surface area contributed by atoms with Gasteiger partial charge in [-0.05, 0) is 37.8 Å². The highest BCUT2D eigenvalue weighted by Gasteiger charge is 2.52. The molecule has 0 radical (unpaired) electrons. The van der Waals surface area contributed by atoms with Gasteiger partial charge in [-0.3, -0.25) is 4.79 Å². The minimum atomic E-state index is -0.537. The van der Waals surface area contributed by atoms with Crippen molar-refractivity contribution in [3.63, 3.8) is 0 Å². The first kappa shape index (κ1) is 14.5. The van der Waals surface area contributed by atoms with E-state index in [1.54, 1.807) is 0 Å². The van der Waals surface area contributed by atoms with E-state index < -0.39 is 5.72 Å². The van der Waals surface area contributed by atoms with Crippen LogP contribution >= 0.6 is 0 Å². The van der Waals surface area contributed by atoms with E-state index in [1.807, 2.05) is 49.1 Å². The fraction of sp³-hybridized carbons (Fsp3) is 0.588. The van der Waals surface area contributed by atoms with Gasteiger partial charge in [0.1, 0.15) is 5.72 Å². The van der Waals surface area contributed by atoms with Crippen LogP contribution in [0.1, 0.15) is 43.5 Å². The van der Waals surface area contributed by atoms with E-state index in [2.05, 4.69) is 0 Å². The smallest absolute Gasteiger partial charge is 0.256 e. The molecule has 114 valence electrons. The van der Waals surface area contributed by atoms with Gasteiger partial charge in [0, 0.05) is 12.0 Å². The van der Waals surface area contributed by atoms with Crippen molar-refractivity contribution in [2.75, 3.05) is 6.61 Å². The SMILES string of the molecule is C[C@@H]1CO[C@@]2(CC[C@H](O)[C@@H](C)C2)N1C(=O)c1ccccc1. The maximum Gasteiger partial charge on any atom is 0.256 e. The summed E-state index contributed by atoms with van der Waals surface area (Å²) in [6.45, 7) is 4.63. The Labute approximate surface area is 125 Å². The van der Waals surface area contributed by atoms with Gasteiger partial charge < -0.3 is 14.7 Å². The molecule has 21 heavy (non-hydrogen) atoms. The van der Waals surface area contributed by atoms with Crippen LogP contribution in [0, 0.1) is 5.92 Å². The third-order valence-corrected chi connectivity index (χ3v) is 4.84. The van der Waals surface area contributed by atoms with Crippen LogP contribution in [-0.4, -0.2) is 40.4 Å². The first-order chi connectivity index (χ1) is 10.0. The van der Waals surface area contributed by atoms with Gasteiger partial charge in [0.2, 0.25) is 0 Å². The minimum Gasteiger partial charge on any atom is -0.393 e. The number of ether oxygens (including phenoxy) is 1. The molecule has 1 aliphatic carbocycles. The minimum absolute atomic E-state index is 0.0317. The highest BCUT2D eigenvalue weighted by Crippen LogP contribution is 2.43. The maximum absolute atomic E-state index is 12.9. The molecular weight excluding hydrogens is 266 g/mol. The number of carbonyl (C=O) groups is 1. The number of hydrogen-bond acceptors (Lipinski definition) is 3. The summed E-state index contributed by atoms with van der Waals surface area (Å²) in [4.78, 5) is 14.8. The van der Waals surface area contributed by atoms with Gasteiger partial charge in [-0.15, -0.1) is 0 Å². The van der Waals surface area contributed by atoms with E-state index in [-0.39, 0.29) is 24.0 Å². The molecule has 4 atom stereocenters. The summed E-state index contributed by atoms with van der Waals surface area (Å²) in [7, 11) is 0. The van der Waals surface area contributed by atoms with Crippen molar-refractivity contribution in [2.24, 2.45) is 5.92 Å². The second kappa shape index (κ2) is 5.43. The number of amides is 1. The molecule has 1 aromatic carbocycles. The van der Waals surface area contributed by atoms with Crippen LogP contribution in [0.25, 0.3) is 0 Å².